The highest BCUT2D eigenvalue weighted by Crippen LogP contribution is 2.27. The Labute approximate surface area is 96.2 Å². The molecule has 0 saturated carbocycles. The number of rotatable bonds is 2. The minimum absolute atomic E-state index is 0.379. The second-order valence-electron chi connectivity index (χ2n) is 3.10. The molecule has 1 heterocycles. The Morgan fingerprint density at radius 1 is 1.56 bits per heavy atom. The molecule has 1 aromatic heterocycles. The number of carbonyl (C=O) groups excluding carboxylic acids is 1. The first-order valence-electron chi connectivity index (χ1n) is 4.51. The maximum absolute atomic E-state index is 11.3. The van der Waals surface area contributed by atoms with Crippen LogP contribution in [0.4, 0.5) is 0 Å². The van der Waals surface area contributed by atoms with E-state index in [1.165, 1.54) is 7.11 Å². The number of ether oxygens (including phenoxy) is 1. The summed E-state index contributed by atoms with van der Waals surface area (Å²) in [5, 5.41) is 11.5. The van der Waals surface area contributed by atoms with Gasteiger partial charge in [0.15, 0.2) is 0 Å². The molecule has 4 nitrogen and oxygen atoms in total. The molecule has 80 valence electrons. The highest BCUT2D eigenvalue weighted by atomic mass is 32.2. The number of nitrogens with zero attached hydrogens (tertiary/aromatic N) is 1. The third-order valence-corrected chi connectivity index (χ3v) is 2.87. The first-order valence-corrected chi connectivity index (χ1v) is 5.33. The number of H-pyrrole nitrogens is 1. The lowest BCUT2D eigenvalue weighted by molar-refractivity contribution is 0.0601. The smallest absolute Gasteiger partial charge is 0.337 e. The van der Waals surface area contributed by atoms with E-state index in [2.05, 4.69) is 9.72 Å². The van der Waals surface area contributed by atoms with E-state index in [4.69, 9.17) is 5.26 Å². The van der Waals surface area contributed by atoms with Gasteiger partial charge in [-0.1, -0.05) is 0 Å². The molecule has 1 N–H and O–H groups in total. The molecule has 2 rings (SSSR count). The summed E-state index contributed by atoms with van der Waals surface area (Å²) in [4.78, 5) is 15.2. The minimum Gasteiger partial charge on any atom is -0.465 e. The Bertz CT molecular complexity index is 583. The maximum atomic E-state index is 11.3. The van der Waals surface area contributed by atoms with Crippen LogP contribution in [0, 0.1) is 10.7 Å². The highest BCUT2D eigenvalue weighted by Gasteiger charge is 2.09. The number of thiocyanates is 1. The fraction of sp³-hybridized carbons (Fsp3) is 0.0909. The minimum atomic E-state index is -0.379. The van der Waals surface area contributed by atoms with Gasteiger partial charge in [0.05, 0.1) is 12.7 Å². The van der Waals surface area contributed by atoms with Crippen LogP contribution in [0.2, 0.25) is 0 Å². The van der Waals surface area contributed by atoms with Crippen LogP contribution in [0.3, 0.4) is 0 Å². The molecule has 0 amide bonds. The fourth-order valence-corrected chi connectivity index (χ4v) is 1.97. The first-order chi connectivity index (χ1) is 7.76. The van der Waals surface area contributed by atoms with Gasteiger partial charge < -0.3 is 9.72 Å². The van der Waals surface area contributed by atoms with Crippen LogP contribution in [0.5, 0.6) is 0 Å². The Kier molecular flexibility index (Phi) is 2.84. The van der Waals surface area contributed by atoms with E-state index in [0.717, 1.165) is 27.6 Å². The lowest BCUT2D eigenvalue weighted by Crippen LogP contribution is -2.00. The third-order valence-electron chi connectivity index (χ3n) is 2.22. The van der Waals surface area contributed by atoms with Crippen molar-refractivity contribution in [3.63, 3.8) is 0 Å². The standard InChI is InChI=1S/C11H8N2O2S/c1-15-11(14)7-2-3-9-8(4-7)10(5-13-9)16-6-12/h2-5,13H,1H3. The molecule has 0 spiro atoms. The zero-order chi connectivity index (χ0) is 11.5. The number of benzene rings is 1. The van der Waals surface area contributed by atoms with Crippen LogP contribution in [-0.4, -0.2) is 18.1 Å². The van der Waals surface area contributed by atoms with E-state index in [1.54, 1.807) is 24.4 Å². The molecule has 0 radical (unpaired) electrons. The zero-order valence-electron chi connectivity index (χ0n) is 8.48. The van der Waals surface area contributed by atoms with Crippen molar-refractivity contribution in [3.8, 4) is 5.40 Å². The molecular formula is C11H8N2O2S. The van der Waals surface area contributed by atoms with Gasteiger partial charge in [0.2, 0.25) is 0 Å². The van der Waals surface area contributed by atoms with Gasteiger partial charge in [-0.3, -0.25) is 0 Å². The molecule has 0 unspecified atom stereocenters. The molecule has 0 fully saturated rings. The monoisotopic (exact) mass is 232 g/mol. The van der Waals surface area contributed by atoms with E-state index >= 15 is 0 Å². The number of nitrogens with one attached hydrogen (secondary N) is 1. The van der Waals surface area contributed by atoms with Gasteiger partial charge in [0.25, 0.3) is 0 Å². The quantitative estimate of drug-likeness (QED) is 0.491. The summed E-state index contributed by atoms with van der Waals surface area (Å²) in [6.07, 6.45) is 1.75. The van der Waals surface area contributed by atoms with E-state index in [9.17, 15) is 4.79 Å². The van der Waals surface area contributed by atoms with E-state index in [0.29, 0.717) is 5.56 Å². The lowest BCUT2D eigenvalue weighted by atomic mass is 10.1. The van der Waals surface area contributed by atoms with Crippen molar-refractivity contribution in [2.24, 2.45) is 0 Å². The molecule has 0 aliphatic heterocycles. The highest BCUT2D eigenvalue weighted by molar-refractivity contribution is 8.04. The fourth-order valence-electron chi connectivity index (χ4n) is 1.47. The van der Waals surface area contributed by atoms with Gasteiger partial charge >= 0.3 is 5.97 Å². The number of hydrogen-bond donors (Lipinski definition) is 1. The number of fused-ring (bicyclic) bond motifs is 1. The van der Waals surface area contributed by atoms with Crippen LogP contribution in [0.15, 0.2) is 29.3 Å². The van der Waals surface area contributed by atoms with Crippen LogP contribution >= 0.6 is 11.8 Å². The predicted octanol–water partition coefficient (Wildman–Crippen LogP) is 2.53. The summed E-state index contributed by atoms with van der Waals surface area (Å²) in [7, 11) is 1.34. The number of aromatic amines is 1. The first kappa shape index (κ1) is 10.6. The van der Waals surface area contributed by atoms with Crippen molar-refractivity contribution in [2.45, 2.75) is 4.90 Å². The molecule has 1 aromatic carbocycles. The SMILES string of the molecule is COC(=O)c1ccc2[nH]cc(SC#N)c2c1. The molecule has 0 bridgehead atoms. The van der Waals surface area contributed by atoms with E-state index < -0.39 is 0 Å². The number of methoxy groups -OCH3 is 1. The number of thioether (sulfide) groups is 1. The molecule has 2 aromatic rings. The Morgan fingerprint density at radius 2 is 2.38 bits per heavy atom. The van der Waals surface area contributed by atoms with E-state index in [1.807, 2.05) is 5.40 Å². The van der Waals surface area contributed by atoms with Gasteiger partial charge in [-0.15, -0.1) is 0 Å². The topological polar surface area (TPSA) is 65.9 Å². The number of aromatic nitrogens is 1. The average molecular weight is 232 g/mol. The molecule has 0 atom stereocenters. The zero-order valence-corrected chi connectivity index (χ0v) is 9.30. The summed E-state index contributed by atoms with van der Waals surface area (Å²) < 4.78 is 4.64. The molecule has 0 aliphatic rings. The summed E-state index contributed by atoms with van der Waals surface area (Å²) in [5.41, 5.74) is 1.37. The largest absolute Gasteiger partial charge is 0.465 e. The summed E-state index contributed by atoms with van der Waals surface area (Å²) >= 11 is 1.06. The normalized spacial score (nSPS) is 10.0. The summed E-state index contributed by atoms with van der Waals surface area (Å²) in [5.74, 6) is -0.379. The maximum Gasteiger partial charge on any atom is 0.337 e. The van der Waals surface area contributed by atoms with Gasteiger partial charge in [0, 0.05) is 22.0 Å². The number of hydrogen-bond acceptors (Lipinski definition) is 4. The van der Waals surface area contributed by atoms with Crippen molar-refractivity contribution >= 4 is 28.6 Å². The average Bonchev–Trinajstić information content (AvgIpc) is 2.71. The molecule has 0 aliphatic carbocycles. The number of nitriles is 1. The second-order valence-corrected chi connectivity index (χ2v) is 3.92. The summed E-state index contributed by atoms with van der Waals surface area (Å²) in [6, 6.07) is 5.20. The van der Waals surface area contributed by atoms with Gasteiger partial charge in [-0.05, 0) is 30.0 Å². The molecule has 0 saturated heterocycles. The van der Waals surface area contributed by atoms with Crippen LogP contribution in [0.25, 0.3) is 10.9 Å². The number of esters is 1. The van der Waals surface area contributed by atoms with Crippen LogP contribution in [0.1, 0.15) is 10.4 Å². The summed E-state index contributed by atoms with van der Waals surface area (Å²) in [6.45, 7) is 0. The Hall–Kier alpha value is -1.93. The second kappa shape index (κ2) is 4.29. The van der Waals surface area contributed by atoms with Crippen molar-refractivity contribution in [2.75, 3.05) is 7.11 Å². The van der Waals surface area contributed by atoms with Crippen LogP contribution < -0.4 is 0 Å². The number of carbonyl (C=O) groups is 1. The van der Waals surface area contributed by atoms with Gasteiger partial charge in [-0.2, -0.15) is 5.26 Å². The Morgan fingerprint density at radius 3 is 3.06 bits per heavy atom. The van der Waals surface area contributed by atoms with Gasteiger partial charge in [0.1, 0.15) is 5.40 Å². The molecular weight excluding hydrogens is 224 g/mol. The van der Waals surface area contributed by atoms with Crippen molar-refractivity contribution < 1.29 is 9.53 Å². The molecule has 16 heavy (non-hydrogen) atoms. The van der Waals surface area contributed by atoms with Crippen LogP contribution in [-0.2, 0) is 4.74 Å². The van der Waals surface area contributed by atoms with Crippen molar-refractivity contribution in [1.29, 1.82) is 5.26 Å². The van der Waals surface area contributed by atoms with Gasteiger partial charge in [-0.25, -0.2) is 4.79 Å². The lowest BCUT2D eigenvalue weighted by Gasteiger charge is -1.99. The third kappa shape index (κ3) is 1.75. The molecule has 5 heteroatoms. The van der Waals surface area contributed by atoms with Crippen molar-refractivity contribution in [1.82, 2.24) is 4.98 Å². The van der Waals surface area contributed by atoms with E-state index in [-0.39, 0.29) is 5.97 Å². The Balaban J connectivity index is 2.55. The predicted molar refractivity (Wildman–Crippen MR) is 61.1 cm³/mol. The van der Waals surface area contributed by atoms with Crippen molar-refractivity contribution in [3.05, 3.63) is 30.0 Å².